The molecule has 13 heavy (non-hydrogen) atoms. The number of benzene rings is 1. The Bertz CT molecular complexity index is 336. The summed E-state index contributed by atoms with van der Waals surface area (Å²) in [6.07, 6.45) is 0. The topological polar surface area (TPSA) is 46.3 Å². The van der Waals surface area contributed by atoms with Crippen LogP contribution in [0.3, 0.4) is 0 Å². The first-order valence-electron chi connectivity index (χ1n) is 3.85. The average molecular weight is 196 g/mol. The maximum atomic E-state index is 11.5. The first kappa shape index (κ1) is 9.92. The summed E-state index contributed by atoms with van der Waals surface area (Å²) in [6.45, 7) is 1.85. The second-order valence-electron chi connectivity index (χ2n) is 2.90. The van der Waals surface area contributed by atoms with Crippen molar-refractivity contribution < 1.29 is 4.79 Å². The fourth-order valence-electron chi connectivity index (χ4n) is 1.10. The fraction of sp³-hybridized carbons (Fsp3) is 0.222. The summed E-state index contributed by atoms with van der Waals surface area (Å²) < 4.78 is 1.25. The van der Waals surface area contributed by atoms with Gasteiger partial charge in [0.05, 0.1) is 0 Å². The number of carbonyl (C=O) groups excluding carboxylic acids is 1. The molecule has 3 nitrogen and oxygen atoms in total. The van der Waals surface area contributed by atoms with Gasteiger partial charge in [-0.1, -0.05) is 12.8 Å². The van der Waals surface area contributed by atoms with Gasteiger partial charge in [-0.2, -0.15) is 0 Å². The van der Waals surface area contributed by atoms with E-state index in [2.05, 4.69) is 12.8 Å². The number of carbonyl (C=O) groups is 1. The first-order chi connectivity index (χ1) is 6.02. The number of thiol groups is 1. The summed E-state index contributed by atoms with van der Waals surface area (Å²) in [6, 6.07) is 5.18. The highest BCUT2D eigenvalue weighted by Crippen LogP contribution is 2.14. The molecular weight excluding hydrogens is 184 g/mol. The van der Waals surface area contributed by atoms with Crippen LogP contribution in [0.2, 0.25) is 0 Å². The number of anilines is 1. The summed E-state index contributed by atoms with van der Waals surface area (Å²) in [5, 5.41) is 0. The van der Waals surface area contributed by atoms with E-state index in [-0.39, 0.29) is 5.91 Å². The number of rotatable bonds is 1. The second-order valence-corrected chi connectivity index (χ2v) is 3.50. The molecule has 0 aromatic heterocycles. The minimum atomic E-state index is -0.124. The monoisotopic (exact) mass is 196 g/mol. The van der Waals surface area contributed by atoms with Gasteiger partial charge < -0.3 is 5.73 Å². The van der Waals surface area contributed by atoms with Gasteiger partial charge in [-0.25, -0.2) is 0 Å². The van der Waals surface area contributed by atoms with Crippen molar-refractivity contribution in [3.63, 3.8) is 0 Å². The van der Waals surface area contributed by atoms with E-state index in [1.54, 1.807) is 25.2 Å². The molecule has 0 radical (unpaired) electrons. The van der Waals surface area contributed by atoms with Crippen LogP contribution in [-0.4, -0.2) is 17.3 Å². The predicted octanol–water partition coefficient (Wildman–Crippen LogP) is 1.49. The molecule has 0 saturated heterocycles. The normalized spacial score (nSPS) is 9.77. The molecule has 0 aliphatic rings. The lowest BCUT2D eigenvalue weighted by atomic mass is 10.1. The van der Waals surface area contributed by atoms with Crippen molar-refractivity contribution in [3.05, 3.63) is 29.3 Å². The zero-order valence-electron chi connectivity index (χ0n) is 7.61. The average Bonchev–Trinajstić information content (AvgIpc) is 2.03. The third-order valence-corrected chi connectivity index (χ3v) is 1.96. The summed E-state index contributed by atoms with van der Waals surface area (Å²) in [5.74, 6) is -0.124. The van der Waals surface area contributed by atoms with Crippen molar-refractivity contribution in [2.24, 2.45) is 0 Å². The fourth-order valence-corrected chi connectivity index (χ4v) is 1.21. The lowest BCUT2D eigenvalue weighted by Gasteiger charge is -2.11. The zero-order chi connectivity index (χ0) is 10.0. The third-order valence-electron chi connectivity index (χ3n) is 1.77. The molecule has 0 saturated carbocycles. The van der Waals surface area contributed by atoms with Crippen LogP contribution in [0.4, 0.5) is 5.69 Å². The largest absolute Gasteiger partial charge is 0.399 e. The molecule has 0 spiro atoms. The molecule has 1 amide bonds. The van der Waals surface area contributed by atoms with Crippen LogP contribution in [0.1, 0.15) is 15.9 Å². The van der Waals surface area contributed by atoms with Crippen molar-refractivity contribution in [1.29, 1.82) is 0 Å². The molecule has 1 rings (SSSR count). The maximum Gasteiger partial charge on any atom is 0.263 e. The molecule has 0 atom stereocenters. The van der Waals surface area contributed by atoms with Crippen LogP contribution in [0, 0.1) is 6.92 Å². The number of hydrogen-bond donors (Lipinski definition) is 2. The molecule has 0 fully saturated rings. The SMILES string of the molecule is Cc1cc(N)ccc1C(=O)N(C)S. The molecule has 1 aromatic carbocycles. The van der Waals surface area contributed by atoms with E-state index in [4.69, 9.17) is 5.73 Å². The standard InChI is InChI=1S/C9H12N2OS/c1-6-5-7(10)3-4-8(6)9(12)11(2)13/h3-5,13H,10H2,1-2H3. The van der Waals surface area contributed by atoms with Gasteiger partial charge in [0.2, 0.25) is 0 Å². The van der Waals surface area contributed by atoms with Crippen molar-refractivity contribution >= 4 is 24.4 Å². The molecule has 0 unspecified atom stereocenters. The molecule has 1 aromatic rings. The van der Waals surface area contributed by atoms with Gasteiger partial charge in [-0.15, -0.1) is 0 Å². The number of nitrogens with zero attached hydrogens (tertiary/aromatic N) is 1. The van der Waals surface area contributed by atoms with Gasteiger partial charge in [-0.05, 0) is 30.7 Å². The Hall–Kier alpha value is -1.16. The van der Waals surface area contributed by atoms with Crippen LogP contribution < -0.4 is 5.73 Å². The van der Waals surface area contributed by atoms with Crippen LogP contribution >= 0.6 is 12.8 Å². The molecule has 0 aliphatic carbocycles. The molecular formula is C9H12N2OS. The Balaban J connectivity index is 3.09. The number of nitrogen functional groups attached to an aromatic ring is 1. The van der Waals surface area contributed by atoms with Crippen LogP contribution in [-0.2, 0) is 0 Å². The lowest BCUT2D eigenvalue weighted by Crippen LogP contribution is -2.17. The first-order valence-corrected chi connectivity index (χ1v) is 4.25. The van der Waals surface area contributed by atoms with Gasteiger partial charge in [0.25, 0.3) is 5.91 Å². The second kappa shape index (κ2) is 3.70. The summed E-state index contributed by atoms with van der Waals surface area (Å²) in [7, 11) is 1.60. The van der Waals surface area contributed by atoms with E-state index >= 15 is 0 Å². The van der Waals surface area contributed by atoms with Gasteiger partial charge >= 0.3 is 0 Å². The minimum Gasteiger partial charge on any atom is -0.399 e. The molecule has 0 heterocycles. The van der Waals surface area contributed by atoms with Gasteiger partial charge in [0.15, 0.2) is 0 Å². The quantitative estimate of drug-likeness (QED) is 0.528. The van der Waals surface area contributed by atoms with Crippen molar-refractivity contribution in [2.75, 3.05) is 12.8 Å². The van der Waals surface area contributed by atoms with Gasteiger partial charge in [-0.3, -0.25) is 9.10 Å². The number of aryl methyl sites for hydroxylation is 1. The highest BCUT2D eigenvalue weighted by molar-refractivity contribution is 7.78. The van der Waals surface area contributed by atoms with E-state index in [1.807, 2.05) is 6.92 Å². The summed E-state index contributed by atoms with van der Waals surface area (Å²) >= 11 is 3.93. The van der Waals surface area contributed by atoms with Crippen LogP contribution in [0.15, 0.2) is 18.2 Å². The highest BCUT2D eigenvalue weighted by Gasteiger charge is 2.10. The maximum absolute atomic E-state index is 11.5. The van der Waals surface area contributed by atoms with Crippen LogP contribution in [0.5, 0.6) is 0 Å². The predicted molar refractivity (Wildman–Crippen MR) is 56.7 cm³/mol. The summed E-state index contributed by atoms with van der Waals surface area (Å²) in [5.41, 5.74) is 7.72. The van der Waals surface area contributed by atoms with Crippen molar-refractivity contribution in [3.8, 4) is 0 Å². The van der Waals surface area contributed by atoms with E-state index in [1.165, 1.54) is 4.31 Å². The van der Waals surface area contributed by atoms with E-state index in [0.29, 0.717) is 11.3 Å². The van der Waals surface area contributed by atoms with Crippen LogP contribution in [0.25, 0.3) is 0 Å². The number of amides is 1. The Morgan fingerprint density at radius 3 is 2.62 bits per heavy atom. The van der Waals surface area contributed by atoms with Gasteiger partial charge in [0.1, 0.15) is 0 Å². The minimum absolute atomic E-state index is 0.124. The zero-order valence-corrected chi connectivity index (χ0v) is 8.51. The highest BCUT2D eigenvalue weighted by atomic mass is 32.1. The number of hydrogen-bond acceptors (Lipinski definition) is 3. The van der Waals surface area contributed by atoms with E-state index in [0.717, 1.165) is 5.56 Å². The van der Waals surface area contributed by atoms with Gasteiger partial charge in [0, 0.05) is 18.3 Å². The Kier molecular flexibility index (Phi) is 2.83. The number of nitrogens with two attached hydrogens (primary N) is 1. The Morgan fingerprint density at radius 2 is 2.15 bits per heavy atom. The molecule has 70 valence electrons. The molecule has 2 N–H and O–H groups in total. The smallest absolute Gasteiger partial charge is 0.263 e. The summed E-state index contributed by atoms with van der Waals surface area (Å²) in [4.78, 5) is 11.5. The third kappa shape index (κ3) is 2.15. The van der Waals surface area contributed by atoms with Crippen molar-refractivity contribution in [2.45, 2.75) is 6.92 Å². The Labute approximate surface area is 83.1 Å². The van der Waals surface area contributed by atoms with E-state index < -0.39 is 0 Å². The molecule has 0 bridgehead atoms. The molecule has 0 aliphatic heterocycles. The Morgan fingerprint density at radius 1 is 1.54 bits per heavy atom. The van der Waals surface area contributed by atoms with Crippen molar-refractivity contribution in [1.82, 2.24) is 4.31 Å². The molecule has 4 heteroatoms. The lowest BCUT2D eigenvalue weighted by molar-refractivity contribution is 0.0893. The van der Waals surface area contributed by atoms with E-state index in [9.17, 15) is 4.79 Å².